The third-order valence-corrected chi connectivity index (χ3v) is 7.66. The predicted molar refractivity (Wildman–Crippen MR) is 180 cm³/mol. The molecular weight excluding hydrogens is 552 g/mol. The first-order valence-corrected chi connectivity index (χ1v) is 17.0. The zero-order chi connectivity index (χ0) is 31.7. The fourth-order valence-electron chi connectivity index (χ4n) is 4.92. The van der Waals surface area contributed by atoms with Gasteiger partial charge in [-0.15, -0.1) is 0 Å². The van der Waals surface area contributed by atoms with Gasteiger partial charge in [-0.2, -0.15) is 5.10 Å². The lowest BCUT2D eigenvalue weighted by molar-refractivity contribution is -0.121. The van der Waals surface area contributed by atoms with Gasteiger partial charge in [0.1, 0.15) is 5.75 Å². The van der Waals surface area contributed by atoms with E-state index in [1.807, 2.05) is 0 Å². The Morgan fingerprint density at radius 2 is 1.27 bits per heavy atom. The molecule has 0 radical (unpaired) electrons. The highest BCUT2D eigenvalue weighted by atomic mass is 16.6. The van der Waals surface area contributed by atoms with Gasteiger partial charge in [-0.3, -0.25) is 4.79 Å². The molecule has 0 unspecified atom stereocenters. The van der Waals surface area contributed by atoms with Crippen LogP contribution in [0, 0.1) is 0 Å². The monoisotopic (exact) mass is 608 g/mol. The van der Waals surface area contributed by atoms with Gasteiger partial charge in [-0.05, 0) is 60.9 Å². The molecule has 0 aliphatic carbocycles. The van der Waals surface area contributed by atoms with Crippen LogP contribution in [-0.2, 0) is 4.79 Å². The molecule has 0 aliphatic rings. The van der Waals surface area contributed by atoms with Crippen molar-refractivity contribution in [3.8, 4) is 17.2 Å². The maximum absolute atomic E-state index is 12.6. The molecule has 2 aromatic rings. The quantitative estimate of drug-likeness (QED) is 0.0399. The van der Waals surface area contributed by atoms with Crippen LogP contribution < -0.4 is 19.6 Å². The molecule has 0 heterocycles. The largest absolute Gasteiger partial charge is 0.494 e. The van der Waals surface area contributed by atoms with Crippen molar-refractivity contribution < 1.29 is 23.8 Å². The highest BCUT2D eigenvalue weighted by Gasteiger charge is 2.13. The third kappa shape index (κ3) is 16.5. The van der Waals surface area contributed by atoms with Gasteiger partial charge in [0.2, 0.25) is 5.91 Å². The number of esters is 1. The molecule has 2 aromatic carbocycles. The summed E-state index contributed by atoms with van der Waals surface area (Å²) in [5.41, 5.74) is 3.73. The first-order valence-electron chi connectivity index (χ1n) is 17.0. The van der Waals surface area contributed by atoms with Crippen LogP contribution in [0.1, 0.15) is 145 Å². The normalized spacial score (nSPS) is 11.1. The molecule has 1 N–H and O–H groups in total. The van der Waals surface area contributed by atoms with E-state index in [0.29, 0.717) is 35.7 Å². The average molecular weight is 609 g/mol. The van der Waals surface area contributed by atoms with Crippen molar-refractivity contribution in [2.45, 2.75) is 129 Å². The summed E-state index contributed by atoms with van der Waals surface area (Å²) in [5, 5.41) is 4.08. The Kier molecular flexibility index (Phi) is 20.1. The summed E-state index contributed by atoms with van der Waals surface area (Å²) < 4.78 is 16.6. The van der Waals surface area contributed by atoms with Crippen LogP contribution >= 0.6 is 0 Å². The molecule has 0 fully saturated rings. The predicted octanol–water partition coefficient (Wildman–Crippen LogP) is 9.80. The number of nitrogens with zero attached hydrogens (tertiary/aromatic N) is 1. The Morgan fingerprint density at radius 3 is 1.84 bits per heavy atom. The number of unbranched alkanes of at least 4 members (excludes halogenated alkanes) is 15. The Labute approximate surface area is 266 Å². The zero-order valence-electron chi connectivity index (χ0n) is 27.5. The van der Waals surface area contributed by atoms with E-state index < -0.39 is 5.97 Å². The van der Waals surface area contributed by atoms with Gasteiger partial charge in [-0.25, -0.2) is 10.2 Å². The summed E-state index contributed by atoms with van der Waals surface area (Å²) >= 11 is 0. The highest BCUT2D eigenvalue weighted by Crippen LogP contribution is 2.28. The molecule has 0 saturated heterocycles. The fourth-order valence-corrected chi connectivity index (χ4v) is 4.92. The van der Waals surface area contributed by atoms with Crippen molar-refractivity contribution in [1.82, 2.24) is 5.43 Å². The van der Waals surface area contributed by atoms with Crippen LogP contribution in [0.25, 0.3) is 0 Å². The Morgan fingerprint density at radius 1 is 0.705 bits per heavy atom. The van der Waals surface area contributed by atoms with Crippen LogP contribution in [0.2, 0.25) is 0 Å². The Balaban J connectivity index is 1.59. The van der Waals surface area contributed by atoms with Gasteiger partial charge in [0, 0.05) is 6.42 Å². The van der Waals surface area contributed by atoms with E-state index in [0.717, 1.165) is 31.4 Å². The maximum atomic E-state index is 12.6. The number of hydrogen-bond donors (Lipinski definition) is 1. The van der Waals surface area contributed by atoms with Gasteiger partial charge in [-0.1, -0.05) is 110 Å². The summed E-state index contributed by atoms with van der Waals surface area (Å²) in [5.74, 6) is 0.838. The number of rotatable bonds is 25. The summed E-state index contributed by atoms with van der Waals surface area (Å²) in [6, 6.07) is 12.0. The number of hydrogen-bond acceptors (Lipinski definition) is 6. The lowest BCUT2D eigenvalue weighted by Crippen LogP contribution is -2.16. The number of carbonyl (C=O) groups is 2. The molecule has 0 bridgehead atoms. The second-order valence-corrected chi connectivity index (χ2v) is 11.5. The van der Waals surface area contributed by atoms with Crippen LogP contribution in [0.5, 0.6) is 17.2 Å². The zero-order valence-corrected chi connectivity index (χ0v) is 27.5. The van der Waals surface area contributed by atoms with Crippen LogP contribution in [-0.4, -0.2) is 31.8 Å². The van der Waals surface area contributed by atoms with Gasteiger partial charge in [0.05, 0.1) is 25.5 Å². The second kappa shape index (κ2) is 24.0. The molecule has 244 valence electrons. The summed E-state index contributed by atoms with van der Waals surface area (Å²) in [7, 11) is 1.51. The van der Waals surface area contributed by atoms with Crippen molar-refractivity contribution in [2.24, 2.45) is 5.10 Å². The summed E-state index contributed by atoms with van der Waals surface area (Å²) in [6.07, 6.45) is 23.6. The van der Waals surface area contributed by atoms with Crippen molar-refractivity contribution in [3.63, 3.8) is 0 Å². The number of ether oxygens (including phenoxy) is 3. The van der Waals surface area contributed by atoms with E-state index in [1.54, 1.807) is 48.7 Å². The second-order valence-electron chi connectivity index (χ2n) is 11.5. The van der Waals surface area contributed by atoms with Gasteiger partial charge in [0.15, 0.2) is 11.5 Å². The minimum atomic E-state index is -0.490. The maximum Gasteiger partial charge on any atom is 0.343 e. The van der Waals surface area contributed by atoms with Crippen molar-refractivity contribution >= 4 is 18.1 Å². The van der Waals surface area contributed by atoms with Crippen molar-refractivity contribution in [1.29, 1.82) is 0 Å². The van der Waals surface area contributed by atoms with Crippen molar-refractivity contribution in [2.75, 3.05) is 13.7 Å². The number of benzene rings is 2. The number of hydrazone groups is 1. The minimum Gasteiger partial charge on any atom is -0.494 e. The van der Waals surface area contributed by atoms with Crippen LogP contribution in [0.3, 0.4) is 0 Å². The molecule has 7 nitrogen and oxygen atoms in total. The minimum absolute atomic E-state index is 0.0877. The van der Waals surface area contributed by atoms with Gasteiger partial charge < -0.3 is 14.2 Å². The molecule has 7 heteroatoms. The molecule has 0 saturated carbocycles. The molecule has 1 amide bonds. The first-order chi connectivity index (χ1) is 21.6. The highest BCUT2D eigenvalue weighted by molar-refractivity contribution is 5.91. The molecule has 0 aliphatic heterocycles. The molecule has 0 atom stereocenters. The third-order valence-electron chi connectivity index (χ3n) is 7.66. The van der Waals surface area contributed by atoms with Gasteiger partial charge in [0.25, 0.3) is 0 Å². The van der Waals surface area contributed by atoms with Crippen LogP contribution in [0.4, 0.5) is 0 Å². The van der Waals surface area contributed by atoms with E-state index in [2.05, 4.69) is 24.4 Å². The van der Waals surface area contributed by atoms with E-state index in [1.165, 1.54) is 90.6 Å². The lowest BCUT2D eigenvalue weighted by atomic mass is 10.0. The topological polar surface area (TPSA) is 86.2 Å². The fraction of sp³-hybridized carbons (Fsp3) is 0.595. The average Bonchev–Trinajstić information content (AvgIpc) is 3.04. The SMILES string of the molecule is CCCCCCCCCCCCCCCCCC(=O)NN=Cc1ccc(OC(=O)c2ccc(OCCCC)cc2)c(OC)c1. The molecule has 0 aromatic heterocycles. The number of nitrogens with one attached hydrogen (secondary N) is 1. The van der Waals surface area contributed by atoms with E-state index in [-0.39, 0.29) is 5.91 Å². The summed E-state index contributed by atoms with van der Waals surface area (Å²) in [6.45, 7) is 5.03. The number of amides is 1. The van der Waals surface area contributed by atoms with Gasteiger partial charge >= 0.3 is 5.97 Å². The van der Waals surface area contributed by atoms with Crippen molar-refractivity contribution in [3.05, 3.63) is 53.6 Å². The van der Waals surface area contributed by atoms with E-state index in [4.69, 9.17) is 14.2 Å². The smallest absolute Gasteiger partial charge is 0.343 e. The van der Waals surface area contributed by atoms with E-state index in [9.17, 15) is 9.59 Å². The molecular formula is C37H56N2O5. The first kappa shape index (κ1) is 36.8. The summed E-state index contributed by atoms with van der Waals surface area (Å²) in [4.78, 5) is 24.8. The molecule has 2 rings (SSSR count). The Hall–Kier alpha value is -3.35. The Bertz CT molecular complexity index is 1080. The standard InChI is InChI=1S/C37H56N2O5/c1-4-6-8-9-10-11-12-13-14-15-16-17-18-19-20-21-36(40)39-38-30-31-22-27-34(35(29-31)42-3)44-37(41)32-23-25-33(26-24-32)43-28-7-5-2/h22-27,29-30H,4-21,28H2,1-3H3,(H,39,40). The van der Waals surface area contributed by atoms with E-state index >= 15 is 0 Å². The number of carbonyl (C=O) groups excluding carboxylic acids is 2. The number of methoxy groups -OCH3 is 1. The molecule has 0 spiro atoms. The lowest BCUT2D eigenvalue weighted by Gasteiger charge is -2.10. The van der Waals surface area contributed by atoms with Crippen LogP contribution in [0.15, 0.2) is 47.6 Å². The molecule has 44 heavy (non-hydrogen) atoms.